The van der Waals surface area contributed by atoms with Crippen LogP contribution in [-0.4, -0.2) is 13.1 Å². The molecule has 0 radical (unpaired) electrons. The van der Waals surface area contributed by atoms with Crippen molar-refractivity contribution >= 4 is 11.6 Å². The monoisotopic (exact) mass is 255 g/mol. The van der Waals surface area contributed by atoms with E-state index in [0.717, 1.165) is 18.4 Å². The van der Waals surface area contributed by atoms with Crippen LogP contribution >= 0.6 is 11.6 Å². The quantitative estimate of drug-likeness (QED) is 0.866. The summed E-state index contributed by atoms with van der Waals surface area (Å²) >= 11 is 6.08. The molecule has 1 fully saturated rings. The Hall–Kier alpha value is -0.600. The largest absolute Gasteiger partial charge is 0.317 e. The molecule has 2 unspecified atom stereocenters. The van der Waals surface area contributed by atoms with Crippen LogP contribution in [0.5, 0.6) is 0 Å². The maximum absolute atomic E-state index is 13.0. The first kappa shape index (κ1) is 12.8. The van der Waals surface area contributed by atoms with E-state index in [1.54, 1.807) is 0 Å². The van der Waals surface area contributed by atoms with Gasteiger partial charge in [-0.2, -0.15) is 0 Å². The molecule has 94 valence electrons. The number of hydrogen-bond donors (Lipinski definition) is 1. The Morgan fingerprint density at radius 1 is 1.53 bits per heavy atom. The van der Waals surface area contributed by atoms with Gasteiger partial charge in [0.2, 0.25) is 0 Å². The van der Waals surface area contributed by atoms with Gasteiger partial charge < -0.3 is 5.32 Å². The van der Waals surface area contributed by atoms with E-state index in [-0.39, 0.29) is 11.2 Å². The fourth-order valence-corrected chi connectivity index (χ4v) is 3.09. The lowest BCUT2D eigenvalue weighted by atomic mass is 9.82. The van der Waals surface area contributed by atoms with E-state index in [2.05, 4.69) is 12.2 Å². The van der Waals surface area contributed by atoms with Crippen molar-refractivity contribution in [3.8, 4) is 0 Å². The second kappa shape index (κ2) is 4.95. The van der Waals surface area contributed by atoms with E-state index in [0.29, 0.717) is 11.1 Å². The summed E-state index contributed by atoms with van der Waals surface area (Å²) in [6.07, 6.45) is 4.51. The van der Waals surface area contributed by atoms with Crippen molar-refractivity contribution < 1.29 is 4.39 Å². The van der Waals surface area contributed by atoms with Crippen molar-refractivity contribution in [2.24, 2.45) is 5.41 Å². The highest BCUT2D eigenvalue weighted by Crippen LogP contribution is 2.41. The third-order valence-electron chi connectivity index (χ3n) is 3.88. The van der Waals surface area contributed by atoms with Gasteiger partial charge in [-0.05, 0) is 55.8 Å². The Kier molecular flexibility index (Phi) is 3.74. The van der Waals surface area contributed by atoms with Gasteiger partial charge in [0.1, 0.15) is 5.82 Å². The van der Waals surface area contributed by atoms with Gasteiger partial charge in [0.25, 0.3) is 0 Å². The molecule has 1 aliphatic rings. The maximum Gasteiger partial charge on any atom is 0.124 e. The SMILES string of the molecule is CNC1CCC(C)(Cc2ccc(F)cc2Cl)C1. The predicted octanol–water partition coefficient (Wildman–Crippen LogP) is 3.80. The van der Waals surface area contributed by atoms with Crippen LogP contribution < -0.4 is 5.32 Å². The molecule has 1 N–H and O–H groups in total. The molecule has 2 atom stereocenters. The van der Waals surface area contributed by atoms with Crippen LogP contribution in [0.2, 0.25) is 5.02 Å². The average Bonchev–Trinajstić information content (AvgIpc) is 2.65. The molecule has 1 aromatic rings. The fourth-order valence-electron chi connectivity index (χ4n) is 2.85. The molecule has 1 nitrogen and oxygen atoms in total. The second-order valence-corrected chi connectivity index (χ2v) is 5.86. The van der Waals surface area contributed by atoms with E-state index in [1.807, 2.05) is 13.1 Å². The average molecular weight is 256 g/mol. The van der Waals surface area contributed by atoms with Crippen molar-refractivity contribution in [2.45, 2.75) is 38.6 Å². The Balaban J connectivity index is 2.10. The van der Waals surface area contributed by atoms with Crippen molar-refractivity contribution in [1.82, 2.24) is 5.32 Å². The van der Waals surface area contributed by atoms with Crippen molar-refractivity contribution in [3.63, 3.8) is 0 Å². The predicted molar refractivity (Wildman–Crippen MR) is 69.9 cm³/mol. The third kappa shape index (κ3) is 2.99. The highest BCUT2D eigenvalue weighted by atomic mass is 35.5. The molecule has 1 aromatic carbocycles. The molecule has 17 heavy (non-hydrogen) atoms. The standard InChI is InChI=1S/C14H19ClFN/c1-14(6-5-12(9-14)17-2)8-10-3-4-11(16)7-13(10)15/h3-4,7,12,17H,5-6,8-9H2,1-2H3. The summed E-state index contributed by atoms with van der Waals surface area (Å²) in [6.45, 7) is 2.30. The minimum atomic E-state index is -0.261. The van der Waals surface area contributed by atoms with Crippen LogP contribution in [0.3, 0.4) is 0 Å². The summed E-state index contributed by atoms with van der Waals surface area (Å²) in [5.74, 6) is -0.261. The van der Waals surface area contributed by atoms with Crippen LogP contribution in [0.25, 0.3) is 0 Å². The molecule has 0 aliphatic heterocycles. The zero-order valence-corrected chi connectivity index (χ0v) is 11.1. The first-order valence-electron chi connectivity index (χ1n) is 6.14. The van der Waals surface area contributed by atoms with Gasteiger partial charge in [-0.3, -0.25) is 0 Å². The number of benzene rings is 1. The Morgan fingerprint density at radius 2 is 2.29 bits per heavy atom. The Labute approximate surface area is 107 Å². The molecular weight excluding hydrogens is 237 g/mol. The van der Waals surface area contributed by atoms with Gasteiger partial charge in [0.15, 0.2) is 0 Å². The van der Waals surface area contributed by atoms with Gasteiger partial charge in [0, 0.05) is 11.1 Å². The maximum atomic E-state index is 13.0. The fraction of sp³-hybridized carbons (Fsp3) is 0.571. The van der Waals surface area contributed by atoms with E-state index in [9.17, 15) is 4.39 Å². The summed E-state index contributed by atoms with van der Waals surface area (Å²) in [5.41, 5.74) is 1.35. The minimum Gasteiger partial charge on any atom is -0.317 e. The van der Waals surface area contributed by atoms with E-state index in [4.69, 9.17) is 11.6 Å². The van der Waals surface area contributed by atoms with Crippen LogP contribution in [0, 0.1) is 11.2 Å². The topological polar surface area (TPSA) is 12.0 Å². The summed E-state index contributed by atoms with van der Waals surface area (Å²) in [4.78, 5) is 0. The molecule has 2 rings (SSSR count). The van der Waals surface area contributed by atoms with E-state index in [1.165, 1.54) is 25.0 Å². The zero-order valence-electron chi connectivity index (χ0n) is 10.4. The molecule has 0 aromatic heterocycles. The summed E-state index contributed by atoms with van der Waals surface area (Å²) in [7, 11) is 2.02. The van der Waals surface area contributed by atoms with Crippen LogP contribution in [-0.2, 0) is 6.42 Å². The lowest BCUT2D eigenvalue weighted by Crippen LogP contribution is -2.24. The number of halogens is 2. The normalized spacial score (nSPS) is 28.6. The summed E-state index contributed by atoms with van der Waals surface area (Å²) < 4.78 is 13.0. The van der Waals surface area contributed by atoms with Crippen LogP contribution in [0.1, 0.15) is 31.7 Å². The van der Waals surface area contributed by atoms with Crippen molar-refractivity contribution in [1.29, 1.82) is 0 Å². The summed E-state index contributed by atoms with van der Waals surface area (Å²) in [5, 5.41) is 3.89. The van der Waals surface area contributed by atoms with E-state index < -0.39 is 0 Å². The number of rotatable bonds is 3. The molecular formula is C14H19ClFN. The van der Waals surface area contributed by atoms with Crippen molar-refractivity contribution in [2.75, 3.05) is 7.05 Å². The molecule has 1 saturated carbocycles. The Morgan fingerprint density at radius 3 is 2.88 bits per heavy atom. The van der Waals surface area contributed by atoms with Crippen molar-refractivity contribution in [3.05, 3.63) is 34.6 Å². The highest BCUT2D eigenvalue weighted by molar-refractivity contribution is 6.31. The summed E-state index contributed by atoms with van der Waals surface area (Å²) in [6, 6.07) is 5.33. The van der Waals surface area contributed by atoms with Crippen LogP contribution in [0.4, 0.5) is 4.39 Å². The van der Waals surface area contributed by atoms with Gasteiger partial charge in [0.05, 0.1) is 0 Å². The van der Waals surface area contributed by atoms with Gasteiger partial charge >= 0.3 is 0 Å². The number of nitrogens with one attached hydrogen (secondary N) is 1. The Bertz CT molecular complexity index is 407. The van der Waals surface area contributed by atoms with Gasteiger partial charge in [-0.15, -0.1) is 0 Å². The first-order valence-corrected chi connectivity index (χ1v) is 6.51. The molecule has 0 saturated heterocycles. The number of hydrogen-bond acceptors (Lipinski definition) is 1. The minimum absolute atomic E-state index is 0.261. The molecule has 0 amide bonds. The molecule has 1 aliphatic carbocycles. The lowest BCUT2D eigenvalue weighted by Gasteiger charge is -2.24. The first-order chi connectivity index (χ1) is 8.02. The molecule has 0 heterocycles. The highest BCUT2D eigenvalue weighted by Gasteiger charge is 2.34. The van der Waals surface area contributed by atoms with Gasteiger partial charge in [-0.1, -0.05) is 24.6 Å². The van der Waals surface area contributed by atoms with Gasteiger partial charge in [-0.25, -0.2) is 4.39 Å². The smallest absolute Gasteiger partial charge is 0.124 e. The van der Waals surface area contributed by atoms with Crippen LogP contribution in [0.15, 0.2) is 18.2 Å². The van der Waals surface area contributed by atoms with E-state index >= 15 is 0 Å². The molecule has 0 bridgehead atoms. The lowest BCUT2D eigenvalue weighted by molar-refractivity contribution is 0.324. The molecule has 0 spiro atoms. The second-order valence-electron chi connectivity index (χ2n) is 5.45. The third-order valence-corrected chi connectivity index (χ3v) is 4.23. The zero-order chi connectivity index (χ0) is 12.5. The molecule has 3 heteroatoms.